The topological polar surface area (TPSA) is 186 Å². The van der Waals surface area contributed by atoms with E-state index in [1.165, 1.54) is 11.3 Å². The van der Waals surface area contributed by atoms with E-state index in [2.05, 4.69) is 5.32 Å². The van der Waals surface area contributed by atoms with E-state index in [0.29, 0.717) is 22.6 Å². The van der Waals surface area contributed by atoms with Crippen LogP contribution in [0, 0.1) is 11.3 Å². The van der Waals surface area contributed by atoms with Crippen LogP contribution < -0.4 is 15.8 Å². The molecular weight excluding hydrogens is 426 g/mol. The third kappa shape index (κ3) is 7.33. The number of aliphatic carboxylic acids is 1. The van der Waals surface area contributed by atoms with Gasteiger partial charge in [0.2, 0.25) is 12.2 Å². The van der Waals surface area contributed by atoms with E-state index >= 15 is 0 Å². The number of ether oxygens (including phenoxy) is 1. The van der Waals surface area contributed by atoms with Crippen LogP contribution in [0.2, 0.25) is 0 Å². The van der Waals surface area contributed by atoms with E-state index in [4.69, 9.17) is 21.0 Å². The molecule has 0 bridgehead atoms. The predicted octanol–water partition coefficient (Wildman–Crippen LogP) is 0.551. The second kappa shape index (κ2) is 10.9. The summed E-state index contributed by atoms with van der Waals surface area (Å²) in [4.78, 5) is 24.4. The van der Waals surface area contributed by atoms with Gasteiger partial charge in [0.25, 0.3) is 0 Å². The first-order valence-corrected chi connectivity index (χ1v) is 10.1. The second-order valence-electron chi connectivity index (χ2n) is 6.94. The average molecular weight is 452 g/mol. The quantitative estimate of drug-likeness (QED) is 0.147. The molecule has 0 saturated heterocycles. The lowest BCUT2D eigenvalue weighted by Gasteiger charge is -2.21. The fourth-order valence-electron chi connectivity index (χ4n) is 2.68. The molecule has 0 aliphatic heterocycles. The van der Waals surface area contributed by atoms with Gasteiger partial charge in [-0.25, -0.2) is 0 Å². The number of nitrogens with two attached hydrogens (primary N) is 1. The highest BCUT2D eigenvalue weighted by molar-refractivity contribution is 7.12. The van der Waals surface area contributed by atoms with Gasteiger partial charge in [-0.3, -0.25) is 15.0 Å². The van der Waals surface area contributed by atoms with E-state index in [1.807, 2.05) is 0 Å². The number of nitrogen functional groups attached to an aromatic ring is 1. The zero-order valence-electron chi connectivity index (χ0n) is 16.7. The molecule has 1 aromatic heterocycles. The molecule has 1 amide bonds. The number of amides is 1. The third-order valence-corrected chi connectivity index (χ3v) is 5.51. The van der Waals surface area contributed by atoms with Crippen molar-refractivity contribution in [3.8, 4) is 5.75 Å². The molecule has 0 aliphatic carbocycles. The van der Waals surface area contributed by atoms with Gasteiger partial charge in [-0.05, 0) is 42.8 Å². The van der Waals surface area contributed by atoms with Crippen LogP contribution in [0.25, 0.3) is 0 Å². The van der Waals surface area contributed by atoms with Crippen molar-refractivity contribution in [2.45, 2.75) is 38.4 Å². The Morgan fingerprint density at radius 3 is 2.35 bits per heavy atom. The van der Waals surface area contributed by atoms with Crippen molar-refractivity contribution < 1.29 is 34.8 Å². The normalized spacial score (nSPS) is 14.0. The van der Waals surface area contributed by atoms with E-state index in [0.717, 1.165) is 4.88 Å². The van der Waals surface area contributed by atoms with Gasteiger partial charge in [0.15, 0.2) is 6.29 Å². The number of amidine groups is 1. The van der Waals surface area contributed by atoms with Crippen LogP contribution in [-0.2, 0) is 16.0 Å². The van der Waals surface area contributed by atoms with Gasteiger partial charge in [0.1, 0.15) is 11.6 Å². The molecule has 2 unspecified atom stereocenters. The SMILES string of the molecule is CC(Cc1ccc(C(O)Oc2ccc(C(=N)N)cc2)s1)C(=O)N[C@H](CC(=O)O)C(O)O. The highest BCUT2D eigenvalue weighted by atomic mass is 32.1. The summed E-state index contributed by atoms with van der Waals surface area (Å²) in [5.41, 5.74) is 5.93. The van der Waals surface area contributed by atoms with Crippen LogP contribution in [-0.4, -0.2) is 50.5 Å². The predicted molar refractivity (Wildman–Crippen MR) is 113 cm³/mol. The molecule has 3 atom stereocenters. The van der Waals surface area contributed by atoms with Crippen LogP contribution in [0.4, 0.5) is 0 Å². The van der Waals surface area contributed by atoms with Crippen molar-refractivity contribution in [1.82, 2.24) is 5.32 Å². The molecule has 2 aromatic rings. The summed E-state index contributed by atoms with van der Waals surface area (Å²) in [6, 6.07) is 8.48. The second-order valence-corrected chi connectivity index (χ2v) is 8.14. The van der Waals surface area contributed by atoms with Crippen molar-refractivity contribution in [2.24, 2.45) is 11.7 Å². The standard InChI is InChI=1S/C20H25N3O7S/c1-10(18(26)23-14(19(27)28)9-16(24)25)8-13-6-7-15(31-13)20(29)30-12-4-2-11(3-5-12)17(21)22/h2-7,10,14,19-20,27-29H,8-9H2,1H3,(H3,21,22)(H,23,26)(H,24,25)/t10?,14-,20?/m1/s1. The Kier molecular flexibility index (Phi) is 8.51. The first-order chi connectivity index (χ1) is 14.6. The fourth-order valence-corrected chi connectivity index (χ4v) is 3.73. The molecule has 0 aliphatic rings. The Morgan fingerprint density at radius 2 is 1.81 bits per heavy atom. The molecule has 8 N–H and O–H groups in total. The number of hydrogen-bond donors (Lipinski definition) is 7. The number of carbonyl (C=O) groups excluding carboxylic acids is 1. The zero-order chi connectivity index (χ0) is 23.1. The maximum absolute atomic E-state index is 12.3. The number of aliphatic hydroxyl groups is 3. The fraction of sp³-hybridized carbons (Fsp3) is 0.350. The van der Waals surface area contributed by atoms with Crippen molar-refractivity contribution in [2.75, 3.05) is 0 Å². The minimum atomic E-state index is -1.99. The minimum absolute atomic E-state index is 0.0732. The Hall–Kier alpha value is -2.99. The van der Waals surface area contributed by atoms with Crippen LogP contribution in [0.15, 0.2) is 36.4 Å². The minimum Gasteiger partial charge on any atom is -0.481 e. The molecule has 0 saturated carbocycles. The number of thiophene rings is 1. The highest BCUT2D eigenvalue weighted by Gasteiger charge is 2.25. The molecule has 11 heteroatoms. The number of carboxylic acid groups (broad SMARTS) is 1. The summed E-state index contributed by atoms with van der Waals surface area (Å²) in [6.45, 7) is 1.62. The zero-order valence-corrected chi connectivity index (χ0v) is 17.5. The van der Waals surface area contributed by atoms with E-state index in [9.17, 15) is 24.9 Å². The first-order valence-electron chi connectivity index (χ1n) is 9.33. The molecule has 10 nitrogen and oxygen atoms in total. The van der Waals surface area contributed by atoms with Gasteiger partial charge in [-0.15, -0.1) is 11.3 Å². The van der Waals surface area contributed by atoms with E-state index in [-0.39, 0.29) is 5.84 Å². The lowest BCUT2D eigenvalue weighted by atomic mass is 10.0. The summed E-state index contributed by atoms with van der Waals surface area (Å²) < 4.78 is 5.48. The molecule has 0 fully saturated rings. The average Bonchev–Trinajstić information content (AvgIpc) is 3.16. The van der Waals surface area contributed by atoms with Crippen LogP contribution in [0.1, 0.15) is 35.0 Å². The largest absolute Gasteiger partial charge is 0.481 e. The maximum atomic E-state index is 12.3. The summed E-state index contributed by atoms with van der Waals surface area (Å²) in [6.07, 6.45) is -3.53. The first kappa shape index (κ1) is 24.3. The van der Waals surface area contributed by atoms with Crippen molar-refractivity contribution in [3.05, 3.63) is 51.7 Å². The number of rotatable bonds is 11. The van der Waals surface area contributed by atoms with Crippen LogP contribution in [0.3, 0.4) is 0 Å². The number of carboxylic acids is 1. The van der Waals surface area contributed by atoms with Gasteiger partial charge < -0.3 is 36.2 Å². The van der Waals surface area contributed by atoms with Crippen molar-refractivity contribution in [3.63, 3.8) is 0 Å². The van der Waals surface area contributed by atoms with Gasteiger partial charge in [0.05, 0.1) is 17.3 Å². The Morgan fingerprint density at radius 1 is 1.16 bits per heavy atom. The van der Waals surface area contributed by atoms with Crippen LogP contribution >= 0.6 is 11.3 Å². The lowest BCUT2D eigenvalue weighted by molar-refractivity contribution is -0.143. The van der Waals surface area contributed by atoms with Gasteiger partial charge in [-0.2, -0.15) is 0 Å². The van der Waals surface area contributed by atoms with Gasteiger partial charge in [0, 0.05) is 16.4 Å². The van der Waals surface area contributed by atoms with Gasteiger partial charge >= 0.3 is 5.97 Å². The summed E-state index contributed by atoms with van der Waals surface area (Å²) in [5, 5.41) is 47.3. The number of benzene rings is 1. The summed E-state index contributed by atoms with van der Waals surface area (Å²) >= 11 is 1.25. The third-order valence-electron chi connectivity index (χ3n) is 4.38. The molecule has 168 valence electrons. The number of nitrogens with one attached hydrogen (secondary N) is 2. The lowest BCUT2D eigenvalue weighted by Crippen LogP contribution is -2.46. The number of carbonyl (C=O) groups is 2. The molecule has 1 heterocycles. The van der Waals surface area contributed by atoms with E-state index < -0.39 is 42.8 Å². The molecule has 31 heavy (non-hydrogen) atoms. The highest BCUT2D eigenvalue weighted by Crippen LogP contribution is 2.28. The van der Waals surface area contributed by atoms with Crippen molar-refractivity contribution >= 4 is 29.0 Å². The van der Waals surface area contributed by atoms with Crippen LogP contribution in [0.5, 0.6) is 5.75 Å². The Labute approximate surface area is 182 Å². The van der Waals surface area contributed by atoms with Gasteiger partial charge in [-0.1, -0.05) is 6.92 Å². The summed E-state index contributed by atoms with van der Waals surface area (Å²) in [5.74, 6) is -2.03. The Bertz CT molecular complexity index is 914. The Balaban J connectivity index is 1.94. The number of aliphatic hydroxyl groups excluding tert-OH is 2. The number of hydrogen-bond acceptors (Lipinski definition) is 8. The monoisotopic (exact) mass is 451 g/mol. The van der Waals surface area contributed by atoms with Crippen molar-refractivity contribution in [1.29, 1.82) is 5.41 Å². The molecule has 0 spiro atoms. The summed E-state index contributed by atoms with van der Waals surface area (Å²) in [7, 11) is 0. The molecule has 0 radical (unpaired) electrons. The molecular formula is C20H25N3O7S. The smallest absolute Gasteiger partial charge is 0.305 e. The van der Waals surface area contributed by atoms with E-state index in [1.54, 1.807) is 43.3 Å². The molecule has 1 aromatic carbocycles. The molecule has 2 rings (SSSR count). The maximum Gasteiger partial charge on any atom is 0.305 e.